The Hall–Kier alpha value is -2.86. The molecule has 2 aromatic rings. The van der Waals surface area contributed by atoms with E-state index in [9.17, 15) is 17.6 Å². The molecule has 0 aliphatic heterocycles. The van der Waals surface area contributed by atoms with Gasteiger partial charge in [-0.3, -0.25) is 0 Å². The highest BCUT2D eigenvalue weighted by Gasteiger charge is 2.26. The van der Waals surface area contributed by atoms with Crippen LogP contribution in [0.1, 0.15) is 56.1 Å². The first-order chi connectivity index (χ1) is 16.8. The molecule has 1 aliphatic carbocycles. The normalized spacial score (nSPS) is 18.7. The molecular formula is C29H32F4O2. The van der Waals surface area contributed by atoms with E-state index >= 15 is 0 Å². The van der Waals surface area contributed by atoms with E-state index in [0.29, 0.717) is 17.5 Å². The lowest BCUT2D eigenvalue weighted by Crippen LogP contribution is -2.20. The predicted molar refractivity (Wildman–Crippen MR) is 131 cm³/mol. The van der Waals surface area contributed by atoms with Gasteiger partial charge >= 0.3 is 0 Å². The molecule has 35 heavy (non-hydrogen) atoms. The van der Waals surface area contributed by atoms with Crippen LogP contribution in [-0.4, -0.2) is 19.8 Å². The maximum atomic E-state index is 15.0. The number of methoxy groups -OCH3 is 1. The lowest BCUT2D eigenvalue weighted by molar-refractivity contribution is 0.0655. The lowest BCUT2D eigenvalue weighted by Gasteiger charge is -2.28. The summed E-state index contributed by atoms with van der Waals surface area (Å²) in [6.07, 6.45) is 4.00. The highest BCUT2D eigenvalue weighted by Crippen LogP contribution is 2.37. The van der Waals surface area contributed by atoms with Gasteiger partial charge < -0.3 is 9.47 Å². The number of aryl methyl sites for hydroxylation is 1. The minimum absolute atomic E-state index is 0.00401. The van der Waals surface area contributed by atoms with Crippen LogP contribution in [0.25, 0.3) is 11.1 Å². The van der Waals surface area contributed by atoms with Gasteiger partial charge in [0.2, 0.25) is 0 Å². The lowest BCUT2D eigenvalue weighted by atomic mass is 9.82. The Balaban J connectivity index is 1.66. The summed E-state index contributed by atoms with van der Waals surface area (Å²) in [7, 11) is 1.68. The molecule has 2 nitrogen and oxygen atoms in total. The number of benzene rings is 2. The molecule has 0 bridgehead atoms. The van der Waals surface area contributed by atoms with E-state index < -0.39 is 23.3 Å². The molecule has 0 aromatic heterocycles. The second-order valence-electron chi connectivity index (χ2n) is 8.82. The van der Waals surface area contributed by atoms with E-state index in [1.54, 1.807) is 50.4 Å². The summed E-state index contributed by atoms with van der Waals surface area (Å²) in [6, 6.07) is 10.2. The third-order valence-electron chi connectivity index (χ3n) is 6.61. The smallest absolute Gasteiger partial charge is 0.200 e. The van der Waals surface area contributed by atoms with Crippen molar-refractivity contribution in [3.05, 3.63) is 95.3 Å². The van der Waals surface area contributed by atoms with E-state index in [2.05, 4.69) is 13.2 Å². The molecule has 1 aliphatic rings. The minimum atomic E-state index is -1.15. The third kappa shape index (κ3) is 6.43. The molecule has 2 aromatic carbocycles. The van der Waals surface area contributed by atoms with Crippen molar-refractivity contribution in [3.63, 3.8) is 0 Å². The fourth-order valence-corrected chi connectivity index (χ4v) is 4.48. The average Bonchev–Trinajstić information content (AvgIpc) is 2.88. The predicted octanol–water partition coefficient (Wildman–Crippen LogP) is 8.49. The van der Waals surface area contributed by atoms with Gasteiger partial charge in [-0.1, -0.05) is 49.6 Å². The Morgan fingerprint density at radius 2 is 1.57 bits per heavy atom. The van der Waals surface area contributed by atoms with Crippen LogP contribution in [0.3, 0.4) is 0 Å². The van der Waals surface area contributed by atoms with E-state index in [1.165, 1.54) is 0 Å². The van der Waals surface area contributed by atoms with Crippen molar-refractivity contribution >= 4 is 0 Å². The minimum Gasteiger partial charge on any atom is -0.491 e. The van der Waals surface area contributed by atoms with Crippen LogP contribution in [-0.2, 0) is 15.9 Å². The molecule has 188 valence electrons. The van der Waals surface area contributed by atoms with E-state index in [1.807, 2.05) is 0 Å². The summed E-state index contributed by atoms with van der Waals surface area (Å²) in [4.78, 5) is 0. The molecule has 0 saturated heterocycles. The van der Waals surface area contributed by atoms with Gasteiger partial charge in [0.25, 0.3) is 0 Å². The summed E-state index contributed by atoms with van der Waals surface area (Å²) in [5, 5.41) is 0. The third-order valence-corrected chi connectivity index (χ3v) is 6.61. The number of hydrogen-bond donors (Lipinski definition) is 0. The fraction of sp³-hybridized carbons (Fsp3) is 0.379. The van der Waals surface area contributed by atoms with Crippen LogP contribution in [0.4, 0.5) is 17.6 Å². The van der Waals surface area contributed by atoms with Gasteiger partial charge in [0, 0.05) is 12.7 Å². The SMILES string of the molecule is C=C(CCc1ccc(-c2ccc(C3CCC(OC)CC3)c(F)c2F)cc1)/C(F)=C(/F)C(=C)OCC. The molecule has 0 heterocycles. The molecule has 6 heteroatoms. The van der Waals surface area contributed by atoms with E-state index in [0.717, 1.165) is 31.2 Å². The van der Waals surface area contributed by atoms with Crippen LogP contribution in [0.15, 0.2) is 72.5 Å². The monoisotopic (exact) mass is 488 g/mol. The Morgan fingerprint density at radius 1 is 0.914 bits per heavy atom. The summed E-state index contributed by atoms with van der Waals surface area (Å²) >= 11 is 0. The molecule has 0 spiro atoms. The van der Waals surface area contributed by atoms with Crippen LogP contribution in [0, 0.1) is 11.6 Å². The van der Waals surface area contributed by atoms with Crippen molar-refractivity contribution < 1.29 is 27.0 Å². The van der Waals surface area contributed by atoms with Crippen LogP contribution >= 0.6 is 0 Å². The van der Waals surface area contributed by atoms with E-state index in [4.69, 9.17) is 9.47 Å². The summed E-state index contributed by atoms with van der Waals surface area (Å²) in [6.45, 7) is 8.80. The first-order valence-corrected chi connectivity index (χ1v) is 11.9. The van der Waals surface area contributed by atoms with Gasteiger partial charge in [-0.05, 0) is 73.6 Å². The maximum absolute atomic E-state index is 15.0. The average molecular weight is 489 g/mol. The maximum Gasteiger partial charge on any atom is 0.200 e. The van der Waals surface area contributed by atoms with E-state index in [-0.39, 0.29) is 41.9 Å². The topological polar surface area (TPSA) is 18.5 Å². The molecule has 1 saturated carbocycles. The molecule has 0 amide bonds. The number of rotatable bonds is 10. The van der Waals surface area contributed by atoms with Crippen molar-refractivity contribution in [2.45, 2.75) is 57.5 Å². The van der Waals surface area contributed by atoms with Crippen LogP contribution in [0.2, 0.25) is 0 Å². The molecule has 0 N–H and O–H groups in total. The molecule has 0 unspecified atom stereocenters. The number of ether oxygens (including phenoxy) is 2. The summed E-state index contributed by atoms with van der Waals surface area (Å²) in [5.74, 6) is -4.24. The first-order valence-electron chi connectivity index (χ1n) is 11.9. The number of allylic oxidation sites excluding steroid dienone is 3. The summed E-state index contributed by atoms with van der Waals surface area (Å²) in [5.41, 5.74) is 1.99. The Bertz CT molecular complexity index is 1080. The quantitative estimate of drug-likeness (QED) is 0.190. The largest absolute Gasteiger partial charge is 0.491 e. The number of hydrogen-bond acceptors (Lipinski definition) is 2. The molecule has 0 atom stereocenters. The Kier molecular flexibility index (Phi) is 9.33. The first kappa shape index (κ1) is 26.7. The molecule has 3 rings (SSSR count). The highest BCUT2D eigenvalue weighted by atomic mass is 19.2. The second kappa shape index (κ2) is 12.2. The van der Waals surface area contributed by atoms with Gasteiger partial charge in [-0.15, -0.1) is 0 Å². The fourth-order valence-electron chi connectivity index (χ4n) is 4.48. The zero-order valence-electron chi connectivity index (χ0n) is 20.3. The van der Waals surface area contributed by atoms with Gasteiger partial charge in [0.15, 0.2) is 29.0 Å². The Labute approximate surface area is 205 Å². The van der Waals surface area contributed by atoms with Crippen LogP contribution < -0.4 is 0 Å². The van der Waals surface area contributed by atoms with Crippen molar-refractivity contribution in [3.8, 4) is 11.1 Å². The summed E-state index contributed by atoms with van der Waals surface area (Å²) < 4.78 is 68.4. The van der Waals surface area contributed by atoms with Crippen molar-refractivity contribution in [1.29, 1.82) is 0 Å². The van der Waals surface area contributed by atoms with Crippen molar-refractivity contribution in [2.75, 3.05) is 13.7 Å². The number of halogens is 4. The molecule has 0 radical (unpaired) electrons. The second-order valence-corrected chi connectivity index (χ2v) is 8.82. The van der Waals surface area contributed by atoms with Crippen molar-refractivity contribution in [2.24, 2.45) is 0 Å². The standard InChI is InChI=1S/C29H32F4O2/c1-5-35-19(3)27(31)26(30)18(2)6-7-20-8-10-21(11-9-20)24-16-17-25(29(33)28(24)32)22-12-14-23(34-4)15-13-22/h8-11,16-17,22-23H,2-3,5-7,12-15H2,1,4H3/b27-26-. The van der Waals surface area contributed by atoms with Gasteiger partial charge in [-0.25, -0.2) is 13.2 Å². The zero-order chi connectivity index (χ0) is 25.5. The highest BCUT2D eigenvalue weighted by molar-refractivity contribution is 5.65. The van der Waals surface area contributed by atoms with Crippen LogP contribution in [0.5, 0.6) is 0 Å². The van der Waals surface area contributed by atoms with Gasteiger partial charge in [0.05, 0.1) is 12.7 Å². The Morgan fingerprint density at radius 3 is 2.17 bits per heavy atom. The van der Waals surface area contributed by atoms with Gasteiger partial charge in [0.1, 0.15) is 0 Å². The zero-order valence-corrected chi connectivity index (χ0v) is 20.3. The van der Waals surface area contributed by atoms with Crippen molar-refractivity contribution in [1.82, 2.24) is 0 Å². The van der Waals surface area contributed by atoms with Gasteiger partial charge in [-0.2, -0.15) is 4.39 Å². The molecular weight excluding hydrogens is 456 g/mol. The molecule has 1 fully saturated rings.